The topological polar surface area (TPSA) is 46.4 Å². The lowest BCUT2D eigenvalue weighted by atomic mass is 10.3. The number of imidazole rings is 1. The maximum absolute atomic E-state index is 12.5. The highest BCUT2D eigenvalue weighted by atomic mass is 79.9. The van der Waals surface area contributed by atoms with Crippen LogP contribution in [0.1, 0.15) is 23.2 Å². The summed E-state index contributed by atoms with van der Waals surface area (Å²) in [6.45, 7) is 2.03. The van der Waals surface area contributed by atoms with E-state index in [0.717, 1.165) is 27.9 Å². The minimum absolute atomic E-state index is 0.198. The van der Waals surface area contributed by atoms with Crippen LogP contribution in [0.4, 0.5) is 5.69 Å². The molecule has 3 aromatic rings. The predicted molar refractivity (Wildman–Crippen MR) is 86.7 cm³/mol. The highest BCUT2D eigenvalue weighted by Gasteiger charge is 2.16. The van der Waals surface area contributed by atoms with Crippen LogP contribution in [0.2, 0.25) is 0 Å². The van der Waals surface area contributed by atoms with E-state index in [1.54, 1.807) is 0 Å². The van der Waals surface area contributed by atoms with E-state index in [0.29, 0.717) is 5.69 Å². The van der Waals surface area contributed by atoms with Crippen LogP contribution >= 0.6 is 15.9 Å². The monoisotopic (exact) mass is 343 g/mol. The van der Waals surface area contributed by atoms with Crippen molar-refractivity contribution in [2.24, 2.45) is 0 Å². The number of anilines is 1. The van der Waals surface area contributed by atoms with E-state index < -0.39 is 0 Å². The van der Waals surface area contributed by atoms with Crippen molar-refractivity contribution in [1.29, 1.82) is 0 Å². The predicted octanol–water partition coefficient (Wildman–Crippen LogP) is 3.91. The van der Waals surface area contributed by atoms with E-state index in [9.17, 15) is 4.79 Å². The quantitative estimate of drug-likeness (QED) is 0.783. The number of rotatable bonds is 3. The van der Waals surface area contributed by atoms with E-state index >= 15 is 0 Å². The van der Waals surface area contributed by atoms with Crippen molar-refractivity contribution >= 4 is 33.0 Å². The van der Waals surface area contributed by atoms with E-state index in [1.165, 1.54) is 0 Å². The lowest BCUT2D eigenvalue weighted by molar-refractivity contribution is 0.102. The molecule has 0 saturated heterocycles. The molecule has 1 N–H and O–H groups in total. The number of nitrogens with one attached hydrogen (secondary N) is 1. The van der Waals surface area contributed by atoms with Crippen molar-refractivity contribution in [3.05, 3.63) is 64.7 Å². The molecule has 106 valence electrons. The van der Waals surface area contributed by atoms with Crippen molar-refractivity contribution in [3.8, 4) is 0 Å². The highest BCUT2D eigenvalue weighted by molar-refractivity contribution is 9.10. The number of pyridine rings is 1. The number of nitrogens with zero attached hydrogens (tertiary/aromatic N) is 2. The molecular formula is C16H14BrN3O. The molecule has 1 amide bonds. The molecule has 4 nitrogen and oxygen atoms in total. The van der Waals surface area contributed by atoms with Gasteiger partial charge in [0.2, 0.25) is 0 Å². The average molecular weight is 344 g/mol. The molecule has 1 aromatic carbocycles. The van der Waals surface area contributed by atoms with Crippen LogP contribution in [-0.4, -0.2) is 15.3 Å². The summed E-state index contributed by atoms with van der Waals surface area (Å²) < 4.78 is 2.87. The van der Waals surface area contributed by atoms with Crippen LogP contribution in [0.15, 0.2) is 53.1 Å². The second kappa shape index (κ2) is 5.69. The number of benzene rings is 1. The third-order valence-corrected chi connectivity index (χ3v) is 3.73. The number of aryl methyl sites for hydroxylation is 1. The zero-order valence-electron chi connectivity index (χ0n) is 11.5. The normalized spacial score (nSPS) is 10.8. The standard InChI is InChI=1S/C16H14BrN3O/c1-2-14-19-15(13-8-3-4-9-20(13)14)16(21)18-12-7-5-6-11(17)10-12/h3-10H,2H2,1H3,(H,18,21). The van der Waals surface area contributed by atoms with Gasteiger partial charge in [-0.1, -0.05) is 35.0 Å². The van der Waals surface area contributed by atoms with Crippen molar-refractivity contribution in [2.45, 2.75) is 13.3 Å². The summed E-state index contributed by atoms with van der Waals surface area (Å²) in [4.78, 5) is 16.9. The number of fused-ring (bicyclic) bond motifs is 1. The Morgan fingerprint density at radius 2 is 2.14 bits per heavy atom. The van der Waals surface area contributed by atoms with E-state index in [2.05, 4.69) is 26.2 Å². The zero-order chi connectivity index (χ0) is 14.8. The highest BCUT2D eigenvalue weighted by Crippen LogP contribution is 2.18. The Morgan fingerprint density at radius 1 is 1.29 bits per heavy atom. The van der Waals surface area contributed by atoms with Gasteiger partial charge in [-0.2, -0.15) is 0 Å². The largest absolute Gasteiger partial charge is 0.321 e. The first kappa shape index (κ1) is 13.8. The molecule has 0 aliphatic heterocycles. The van der Waals surface area contributed by atoms with Gasteiger partial charge in [-0.25, -0.2) is 4.98 Å². The molecule has 2 heterocycles. The van der Waals surface area contributed by atoms with Crippen LogP contribution in [0, 0.1) is 0 Å². The summed E-state index contributed by atoms with van der Waals surface area (Å²) in [7, 11) is 0. The van der Waals surface area contributed by atoms with Crippen LogP contribution in [0.25, 0.3) is 5.52 Å². The van der Waals surface area contributed by atoms with Crippen molar-refractivity contribution in [3.63, 3.8) is 0 Å². The molecule has 21 heavy (non-hydrogen) atoms. The van der Waals surface area contributed by atoms with Gasteiger partial charge in [0.05, 0.1) is 5.52 Å². The van der Waals surface area contributed by atoms with Crippen LogP contribution in [-0.2, 0) is 6.42 Å². The molecule has 2 aromatic heterocycles. The Kier molecular flexibility index (Phi) is 3.75. The number of hydrogen-bond donors (Lipinski definition) is 1. The zero-order valence-corrected chi connectivity index (χ0v) is 13.1. The fraction of sp³-hybridized carbons (Fsp3) is 0.125. The molecule has 0 saturated carbocycles. The Balaban J connectivity index is 1.98. The number of carbonyl (C=O) groups excluding carboxylic acids is 1. The molecule has 0 spiro atoms. The molecule has 0 aliphatic rings. The molecule has 0 fully saturated rings. The van der Waals surface area contributed by atoms with Gasteiger partial charge in [0.1, 0.15) is 5.82 Å². The molecule has 0 bridgehead atoms. The fourth-order valence-corrected chi connectivity index (χ4v) is 2.67. The third-order valence-electron chi connectivity index (χ3n) is 3.24. The minimum Gasteiger partial charge on any atom is -0.321 e. The molecule has 3 rings (SSSR count). The van der Waals surface area contributed by atoms with Gasteiger partial charge in [0.15, 0.2) is 5.69 Å². The molecular weight excluding hydrogens is 330 g/mol. The van der Waals surface area contributed by atoms with Gasteiger partial charge in [0, 0.05) is 22.8 Å². The summed E-state index contributed by atoms with van der Waals surface area (Å²) in [6, 6.07) is 13.2. The SMILES string of the molecule is CCc1nc(C(=O)Nc2cccc(Br)c2)c2ccccn12. The number of aromatic nitrogens is 2. The van der Waals surface area contributed by atoms with Crippen LogP contribution < -0.4 is 5.32 Å². The Morgan fingerprint density at radius 3 is 2.90 bits per heavy atom. The van der Waals surface area contributed by atoms with Gasteiger partial charge in [0.25, 0.3) is 5.91 Å². The summed E-state index contributed by atoms with van der Waals surface area (Å²) in [5.74, 6) is 0.682. The lowest BCUT2D eigenvalue weighted by Crippen LogP contribution is -2.12. The number of hydrogen-bond acceptors (Lipinski definition) is 2. The summed E-state index contributed by atoms with van der Waals surface area (Å²) in [5.41, 5.74) is 2.01. The lowest BCUT2D eigenvalue weighted by Gasteiger charge is -2.04. The van der Waals surface area contributed by atoms with Crippen molar-refractivity contribution < 1.29 is 4.79 Å². The minimum atomic E-state index is -0.198. The van der Waals surface area contributed by atoms with Gasteiger partial charge < -0.3 is 9.72 Å². The molecule has 5 heteroatoms. The van der Waals surface area contributed by atoms with Gasteiger partial charge in [-0.15, -0.1) is 0 Å². The Labute approximate surface area is 131 Å². The maximum atomic E-state index is 12.5. The Hall–Kier alpha value is -2.14. The number of halogens is 1. The van der Waals surface area contributed by atoms with Crippen LogP contribution in [0.3, 0.4) is 0 Å². The van der Waals surface area contributed by atoms with Crippen LogP contribution in [0.5, 0.6) is 0 Å². The van der Waals surface area contributed by atoms with Crippen molar-refractivity contribution in [1.82, 2.24) is 9.38 Å². The molecule has 0 unspecified atom stereocenters. The summed E-state index contributed by atoms with van der Waals surface area (Å²) in [5, 5.41) is 2.88. The van der Waals surface area contributed by atoms with E-state index in [1.807, 2.05) is 60.0 Å². The van der Waals surface area contributed by atoms with Crippen molar-refractivity contribution in [2.75, 3.05) is 5.32 Å². The third kappa shape index (κ3) is 2.69. The first-order valence-corrected chi connectivity index (χ1v) is 7.51. The smallest absolute Gasteiger partial charge is 0.276 e. The molecule has 0 aliphatic carbocycles. The summed E-state index contributed by atoms with van der Waals surface area (Å²) in [6.07, 6.45) is 2.70. The summed E-state index contributed by atoms with van der Waals surface area (Å²) >= 11 is 3.39. The van der Waals surface area contributed by atoms with Gasteiger partial charge in [-0.3, -0.25) is 4.79 Å². The second-order valence-electron chi connectivity index (χ2n) is 4.65. The fourth-order valence-electron chi connectivity index (χ4n) is 2.27. The number of amides is 1. The molecule has 0 atom stereocenters. The van der Waals surface area contributed by atoms with E-state index in [4.69, 9.17) is 0 Å². The second-order valence-corrected chi connectivity index (χ2v) is 5.57. The maximum Gasteiger partial charge on any atom is 0.276 e. The average Bonchev–Trinajstić information content (AvgIpc) is 2.86. The Bertz CT molecular complexity index is 810. The molecule has 0 radical (unpaired) electrons. The van der Waals surface area contributed by atoms with Gasteiger partial charge in [-0.05, 0) is 30.3 Å². The first-order valence-electron chi connectivity index (χ1n) is 6.72. The number of carbonyl (C=O) groups is 1. The van der Waals surface area contributed by atoms with E-state index in [-0.39, 0.29) is 5.91 Å². The van der Waals surface area contributed by atoms with Gasteiger partial charge >= 0.3 is 0 Å². The first-order chi connectivity index (χ1) is 10.2.